The smallest absolute Gasteiger partial charge is 0.317 e. The number of amides is 2. The number of halogens is 1. The van der Waals surface area contributed by atoms with Crippen LogP contribution in [0.5, 0.6) is 0 Å². The van der Waals surface area contributed by atoms with Gasteiger partial charge < -0.3 is 15.1 Å². The molecule has 0 radical (unpaired) electrons. The molecule has 0 aromatic carbocycles. The summed E-state index contributed by atoms with van der Waals surface area (Å²) < 4.78 is 1.09. The summed E-state index contributed by atoms with van der Waals surface area (Å²) >= 11 is 5.07. The number of aromatic nitrogens is 1. The Morgan fingerprint density at radius 1 is 1.18 bits per heavy atom. The predicted molar refractivity (Wildman–Crippen MR) is 92.3 cm³/mol. The number of urea groups is 1. The van der Waals surface area contributed by atoms with Gasteiger partial charge in [0.25, 0.3) is 0 Å². The van der Waals surface area contributed by atoms with Crippen molar-refractivity contribution in [3.05, 3.63) is 45.3 Å². The van der Waals surface area contributed by atoms with Crippen molar-refractivity contribution in [3.63, 3.8) is 0 Å². The highest BCUT2D eigenvalue weighted by Crippen LogP contribution is 2.21. The van der Waals surface area contributed by atoms with Crippen molar-refractivity contribution in [1.82, 2.24) is 15.2 Å². The van der Waals surface area contributed by atoms with Gasteiger partial charge in [-0.05, 0) is 40.2 Å². The first kappa shape index (κ1) is 15.3. The molecule has 22 heavy (non-hydrogen) atoms. The Balaban J connectivity index is 1.47. The molecule has 2 aromatic heterocycles. The van der Waals surface area contributed by atoms with Crippen LogP contribution in [0, 0.1) is 0 Å². The molecule has 0 saturated carbocycles. The number of hydrogen-bond donors (Lipinski definition) is 1. The maximum Gasteiger partial charge on any atom is 0.317 e. The molecule has 1 fully saturated rings. The van der Waals surface area contributed by atoms with E-state index in [0.29, 0.717) is 6.54 Å². The Hall–Kier alpha value is -1.60. The lowest BCUT2D eigenvalue weighted by Gasteiger charge is -2.36. The lowest BCUT2D eigenvalue weighted by atomic mass is 10.3. The summed E-state index contributed by atoms with van der Waals surface area (Å²) in [5.74, 6) is 0. The summed E-state index contributed by atoms with van der Waals surface area (Å²) in [5.41, 5.74) is 1.17. The van der Waals surface area contributed by atoms with Crippen molar-refractivity contribution in [2.75, 3.05) is 31.1 Å². The van der Waals surface area contributed by atoms with E-state index in [9.17, 15) is 4.79 Å². The molecule has 7 heteroatoms. The van der Waals surface area contributed by atoms with E-state index < -0.39 is 0 Å². The first-order chi connectivity index (χ1) is 10.7. The summed E-state index contributed by atoms with van der Waals surface area (Å²) in [4.78, 5) is 21.5. The molecule has 0 atom stereocenters. The minimum absolute atomic E-state index is 0.0129. The third-order valence-electron chi connectivity index (χ3n) is 3.64. The lowest BCUT2D eigenvalue weighted by Crippen LogP contribution is -2.51. The van der Waals surface area contributed by atoms with Crippen LogP contribution in [0.3, 0.4) is 0 Å². The van der Waals surface area contributed by atoms with Gasteiger partial charge in [0.15, 0.2) is 0 Å². The van der Waals surface area contributed by atoms with Crippen LogP contribution in [0.4, 0.5) is 10.5 Å². The van der Waals surface area contributed by atoms with Crippen molar-refractivity contribution in [2.24, 2.45) is 0 Å². The van der Waals surface area contributed by atoms with E-state index in [4.69, 9.17) is 0 Å². The number of nitrogens with zero attached hydrogens (tertiary/aromatic N) is 3. The van der Waals surface area contributed by atoms with Gasteiger partial charge in [-0.25, -0.2) is 4.79 Å². The molecule has 3 heterocycles. The van der Waals surface area contributed by atoms with E-state index in [-0.39, 0.29) is 6.03 Å². The summed E-state index contributed by atoms with van der Waals surface area (Å²) in [5, 5.41) is 2.98. The number of nitrogens with one attached hydrogen (secondary N) is 1. The van der Waals surface area contributed by atoms with Gasteiger partial charge in [-0.15, -0.1) is 11.3 Å². The lowest BCUT2D eigenvalue weighted by molar-refractivity contribution is 0.194. The molecular weight excluding hydrogens is 364 g/mol. The average molecular weight is 381 g/mol. The molecule has 2 aromatic rings. The van der Waals surface area contributed by atoms with Gasteiger partial charge in [-0.1, -0.05) is 0 Å². The largest absolute Gasteiger partial charge is 0.368 e. The highest BCUT2D eigenvalue weighted by molar-refractivity contribution is 9.11. The number of rotatable bonds is 3. The Kier molecular flexibility index (Phi) is 4.94. The first-order valence-electron chi connectivity index (χ1n) is 7.14. The third-order valence-corrected chi connectivity index (χ3v) is 5.26. The van der Waals surface area contributed by atoms with Crippen LogP contribution in [0.2, 0.25) is 0 Å². The number of thiophene rings is 1. The SMILES string of the molecule is O=C(NCc1ccc(Br)s1)N1CCN(c2ccncc2)CC1. The predicted octanol–water partition coefficient (Wildman–Crippen LogP) is 2.94. The molecule has 0 bridgehead atoms. The highest BCUT2D eigenvalue weighted by Gasteiger charge is 2.21. The van der Waals surface area contributed by atoms with E-state index in [2.05, 4.69) is 31.1 Å². The zero-order valence-electron chi connectivity index (χ0n) is 12.0. The van der Waals surface area contributed by atoms with Crippen molar-refractivity contribution < 1.29 is 4.79 Å². The van der Waals surface area contributed by atoms with Crippen molar-refractivity contribution >= 4 is 39.0 Å². The second kappa shape index (κ2) is 7.11. The van der Waals surface area contributed by atoms with E-state index >= 15 is 0 Å². The van der Waals surface area contributed by atoms with Crippen LogP contribution in [0.15, 0.2) is 40.4 Å². The molecule has 5 nitrogen and oxygen atoms in total. The standard InChI is InChI=1S/C15H17BrN4OS/c16-14-2-1-13(22-14)11-18-15(21)20-9-7-19(8-10-20)12-3-5-17-6-4-12/h1-6H,7-11H2,(H,18,21). The second-order valence-corrected chi connectivity index (χ2v) is 7.59. The molecule has 1 saturated heterocycles. The summed E-state index contributed by atoms with van der Waals surface area (Å²) in [7, 11) is 0. The van der Waals surface area contributed by atoms with Crippen LogP contribution in [-0.2, 0) is 6.54 Å². The van der Waals surface area contributed by atoms with Crippen molar-refractivity contribution in [3.8, 4) is 0 Å². The minimum Gasteiger partial charge on any atom is -0.368 e. The normalized spacial score (nSPS) is 15.0. The maximum absolute atomic E-state index is 12.2. The Labute approximate surface area is 142 Å². The van der Waals surface area contributed by atoms with Crippen LogP contribution in [0.1, 0.15) is 4.88 Å². The Morgan fingerprint density at radius 3 is 2.55 bits per heavy atom. The van der Waals surface area contributed by atoms with Gasteiger partial charge >= 0.3 is 6.03 Å². The Bertz CT molecular complexity index is 625. The van der Waals surface area contributed by atoms with E-state index in [1.54, 1.807) is 23.7 Å². The third kappa shape index (κ3) is 3.78. The minimum atomic E-state index is 0.0129. The molecule has 1 N–H and O–H groups in total. The van der Waals surface area contributed by atoms with Crippen molar-refractivity contribution in [2.45, 2.75) is 6.54 Å². The molecule has 116 valence electrons. The van der Waals surface area contributed by atoms with E-state index in [0.717, 1.165) is 34.8 Å². The van der Waals surface area contributed by atoms with E-state index in [1.165, 1.54) is 5.69 Å². The van der Waals surface area contributed by atoms with E-state index in [1.807, 2.05) is 29.2 Å². The fourth-order valence-electron chi connectivity index (χ4n) is 2.44. The van der Waals surface area contributed by atoms with Gasteiger partial charge in [-0.2, -0.15) is 0 Å². The monoisotopic (exact) mass is 380 g/mol. The molecular formula is C15H17BrN4OS. The molecule has 0 unspecified atom stereocenters. The number of carbonyl (C=O) groups is 1. The first-order valence-corrected chi connectivity index (χ1v) is 8.75. The van der Waals surface area contributed by atoms with Crippen molar-refractivity contribution in [1.29, 1.82) is 0 Å². The second-order valence-electron chi connectivity index (χ2n) is 5.04. The fourth-order valence-corrected chi connectivity index (χ4v) is 3.87. The van der Waals surface area contributed by atoms with Gasteiger partial charge in [0.05, 0.1) is 10.3 Å². The number of hydrogen-bond acceptors (Lipinski definition) is 4. The Morgan fingerprint density at radius 2 is 1.91 bits per heavy atom. The maximum atomic E-state index is 12.2. The summed E-state index contributed by atoms with van der Waals surface area (Å²) in [6, 6.07) is 8.05. The fraction of sp³-hybridized carbons (Fsp3) is 0.333. The molecule has 3 rings (SSSR count). The summed E-state index contributed by atoms with van der Waals surface area (Å²) in [6.45, 7) is 3.76. The molecule has 0 spiro atoms. The van der Waals surface area contributed by atoms with Gasteiger partial charge in [0, 0.05) is 49.1 Å². The zero-order chi connectivity index (χ0) is 15.4. The van der Waals surface area contributed by atoms with Crippen LogP contribution in [-0.4, -0.2) is 42.1 Å². The highest BCUT2D eigenvalue weighted by atomic mass is 79.9. The number of piperazine rings is 1. The molecule has 1 aliphatic heterocycles. The van der Waals surface area contributed by atoms with Crippen LogP contribution >= 0.6 is 27.3 Å². The van der Waals surface area contributed by atoms with Gasteiger partial charge in [0.2, 0.25) is 0 Å². The average Bonchev–Trinajstić information content (AvgIpc) is 2.99. The van der Waals surface area contributed by atoms with Crippen LogP contribution in [0.25, 0.3) is 0 Å². The quantitative estimate of drug-likeness (QED) is 0.890. The number of pyridine rings is 1. The topological polar surface area (TPSA) is 48.5 Å². The molecule has 1 aliphatic rings. The van der Waals surface area contributed by atoms with Gasteiger partial charge in [0.1, 0.15) is 0 Å². The molecule has 2 amide bonds. The number of carbonyl (C=O) groups excluding carboxylic acids is 1. The summed E-state index contributed by atoms with van der Waals surface area (Å²) in [6.07, 6.45) is 3.60. The van der Waals surface area contributed by atoms with Crippen LogP contribution < -0.4 is 10.2 Å². The van der Waals surface area contributed by atoms with Gasteiger partial charge in [-0.3, -0.25) is 4.98 Å². The number of anilines is 1. The zero-order valence-corrected chi connectivity index (χ0v) is 14.4. The molecule has 0 aliphatic carbocycles.